The summed E-state index contributed by atoms with van der Waals surface area (Å²) in [6.45, 7) is 0. The Kier molecular flexibility index (Phi) is 2.64. The van der Waals surface area contributed by atoms with Crippen LogP contribution in [0.4, 0.5) is 0 Å². The number of hydrogen-bond donors (Lipinski definition) is 2. The number of carbonyl (C=O) groups is 1. The summed E-state index contributed by atoms with van der Waals surface area (Å²) in [7, 11) is 0. The van der Waals surface area contributed by atoms with Gasteiger partial charge >= 0.3 is 5.97 Å². The molecule has 0 saturated heterocycles. The normalized spacial score (nSPS) is 28.5. The number of ether oxygens (including phenoxy) is 2. The van der Waals surface area contributed by atoms with Crippen LogP contribution in [0.15, 0.2) is 66.5 Å². The largest absolute Gasteiger partial charge is 0.508 e. The second-order valence-electron chi connectivity index (χ2n) is 6.41. The average Bonchev–Trinajstić information content (AvgIpc) is 2.88. The SMILES string of the molecule is O=C1O[C@]2(c3ccc(O)cc3O[C@H]3C=C(O)C=C[C@@H]32)c2ccccc21. The summed E-state index contributed by atoms with van der Waals surface area (Å²) >= 11 is 0. The molecule has 0 fully saturated rings. The molecule has 0 saturated carbocycles. The summed E-state index contributed by atoms with van der Waals surface area (Å²) in [5.41, 5.74) is 0.927. The van der Waals surface area contributed by atoms with Crippen molar-refractivity contribution in [2.75, 3.05) is 0 Å². The van der Waals surface area contributed by atoms with Crippen LogP contribution in [0.3, 0.4) is 0 Å². The van der Waals surface area contributed by atoms with E-state index in [1.165, 1.54) is 6.07 Å². The van der Waals surface area contributed by atoms with Gasteiger partial charge in [0, 0.05) is 17.2 Å². The summed E-state index contributed by atoms with van der Waals surface area (Å²) in [5, 5.41) is 19.7. The zero-order chi connectivity index (χ0) is 17.2. The molecule has 2 aliphatic heterocycles. The number of carbonyl (C=O) groups excluding carboxylic acids is 1. The monoisotopic (exact) mass is 334 g/mol. The summed E-state index contributed by atoms with van der Waals surface area (Å²) in [6.07, 6.45) is 4.48. The van der Waals surface area contributed by atoms with Gasteiger partial charge in [-0.05, 0) is 30.4 Å². The van der Waals surface area contributed by atoms with Gasteiger partial charge in [0.25, 0.3) is 0 Å². The molecule has 5 heteroatoms. The number of benzene rings is 2. The number of phenols is 1. The van der Waals surface area contributed by atoms with E-state index in [9.17, 15) is 15.0 Å². The lowest BCUT2D eigenvalue weighted by molar-refractivity contribution is -0.0424. The molecule has 2 aromatic rings. The fourth-order valence-electron chi connectivity index (χ4n) is 4.04. The zero-order valence-electron chi connectivity index (χ0n) is 13.0. The van der Waals surface area contributed by atoms with Gasteiger partial charge in [0.15, 0.2) is 5.60 Å². The molecule has 3 atom stereocenters. The average molecular weight is 334 g/mol. The predicted molar refractivity (Wildman–Crippen MR) is 88.5 cm³/mol. The van der Waals surface area contributed by atoms with Crippen molar-refractivity contribution in [1.29, 1.82) is 0 Å². The molecule has 25 heavy (non-hydrogen) atoms. The standard InChI is InChI=1S/C20H14O5/c21-11-5-7-15-17(9-11)24-18-10-12(22)6-8-16(18)20(15)14-4-2-1-3-13(14)19(23)25-20/h1-10,15,17,21-22H/t15-,17-,20+/m0/s1. The Morgan fingerprint density at radius 1 is 1.04 bits per heavy atom. The lowest BCUT2D eigenvalue weighted by Crippen LogP contribution is -2.48. The van der Waals surface area contributed by atoms with Gasteiger partial charge in [0.05, 0.1) is 11.5 Å². The van der Waals surface area contributed by atoms with Crippen LogP contribution < -0.4 is 4.74 Å². The molecule has 5 nitrogen and oxygen atoms in total. The highest BCUT2D eigenvalue weighted by molar-refractivity contribution is 5.96. The number of fused-ring (bicyclic) bond motifs is 6. The number of hydrogen-bond acceptors (Lipinski definition) is 5. The minimum atomic E-state index is -1.05. The lowest BCUT2D eigenvalue weighted by Gasteiger charge is -2.44. The first-order valence-electron chi connectivity index (χ1n) is 8.01. The van der Waals surface area contributed by atoms with Crippen molar-refractivity contribution in [3.05, 3.63) is 83.1 Å². The van der Waals surface area contributed by atoms with E-state index in [4.69, 9.17) is 9.47 Å². The highest BCUT2D eigenvalue weighted by atomic mass is 16.6. The molecule has 124 valence electrons. The molecular formula is C20H14O5. The van der Waals surface area contributed by atoms with E-state index in [0.717, 1.165) is 5.56 Å². The quantitative estimate of drug-likeness (QED) is 0.724. The molecule has 0 radical (unpaired) electrons. The van der Waals surface area contributed by atoms with Crippen LogP contribution in [0.5, 0.6) is 11.5 Å². The molecule has 2 aromatic carbocycles. The number of phenolic OH excluding ortho intramolecular Hbond substituents is 1. The Morgan fingerprint density at radius 3 is 2.76 bits per heavy atom. The number of esters is 1. The minimum absolute atomic E-state index is 0.0597. The van der Waals surface area contributed by atoms with E-state index < -0.39 is 11.7 Å². The Balaban J connectivity index is 1.84. The van der Waals surface area contributed by atoms with E-state index in [-0.39, 0.29) is 23.4 Å². The molecule has 0 unspecified atom stereocenters. The van der Waals surface area contributed by atoms with E-state index >= 15 is 0 Å². The second-order valence-corrected chi connectivity index (χ2v) is 6.41. The van der Waals surface area contributed by atoms with Crippen molar-refractivity contribution in [1.82, 2.24) is 0 Å². The molecule has 5 rings (SSSR count). The van der Waals surface area contributed by atoms with Crippen molar-refractivity contribution in [3.63, 3.8) is 0 Å². The van der Waals surface area contributed by atoms with Gasteiger partial charge < -0.3 is 19.7 Å². The molecule has 0 bridgehead atoms. The number of aromatic hydroxyl groups is 1. The van der Waals surface area contributed by atoms with Crippen LogP contribution in [0, 0.1) is 5.92 Å². The predicted octanol–water partition coefficient (Wildman–Crippen LogP) is 3.20. The Morgan fingerprint density at radius 2 is 1.88 bits per heavy atom. The van der Waals surface area contributed by atoms with Crippen molar-refractivity contribution in [2.45, 2.75) is 11.7 Å². The molecule has 1 spiro atoms. The fraction of sp³-hybridized carbons (Fsp3) is 0.150. The van der Waals surface area contributed by atoms with Gasteiger partial charge in [-0.25, -0.2) is 4.79 Å². The van der Waals surface area contributed by atoms with Gasteiger partial charge in [-0.3, -0.25) is 0 Å². The molecule has 0 aromatic heterocycles. The first kappa shape index (κ1) is 14.2. The topological polar surface area (TPSA) is 76.0 Å². The zero-order valence-corrected chi connectivity index (χ0v) is 13.0. The highest BCUT2D eigenvalue weighted by Crippen LogP contribution is 2.55. The summed E-state index contributed by atoms with van der Waals surface area (Å²) in [4.78, 5) is 12.6. The summed E-state index contributed by atoms with van der Waals surface area (Å²) in [5.74, 6) is -0.122. The number of allylic oxidation sites excluding steroid dienone is 1. The Bertz CT molecular complexity index is 974. The lowest BCUT2D eigenvalue weighted by atomic mass is 9.70. The summed E-state index contributed by atoms with van der Waals surface area (Å²) < 4.78 is 12.0. The highest BCUT2D eigenvalue weighted by Gasteiger charge is 2.58. The van der Waals surface area contributed by atoms with Gasteiger partial charge in [-0.1, -0.05) is 24.3 Å². The van der Waals surface area contributed by atoms with Crippen molar-refractivity contribution < 1.29 is 24.5 Å². The van der Waals surface area contributed by atoms with E-state index in [2.05, 4.69) is 0 Å². The fourth-order valence-corrected chi connectivity index (χ4v) is 4.04. The first-order chi connectivity index (χ1) is 12.1. The van der Waals surface area contributed by atoms with Gasteiger partial charge in [0.2, 0.25) is 0 Å². The molecule has 0 amide bonds. The first-order valence-corrected chi connectivity index (χ1v) is 8.01. The van der Waals surface area contributed by atoms with E-state index in [0.29, 0.717) is 16.9 Å². The Hall–Kier alpha value is -3.21. The van der Waals surface area contributed by atoms with Crippen molar-refractivity contribution in [3.8, 4) is 11.5 Å². The van der Waals surface area contributed by atoms with Crippen molar-refractivity contribution >= 4 is 5.97 Å². The van der Waals surface area contributed by atoms with E-state index in [1.807, 2.05) is 18.2 Å². The number of rotatable bonds is 0. The van der Waals surface area contributed by atoms with E-state index in [1.54, 1.807) is 36.4 Å². The molecule has 2 N–H and O–H groups in total. The van der Waals surface area contributed by atoms with Crippen LogP contribution in [0.1, 0.15) is 21.5 Å². The molecule has 2 heterocycles. The third kappa shape index (κ3) is 1.75. The van der Waals surface area contributed by atoms with Gasteiger partial charge in [-0.15, -0.1) is 0 Å². The molecule has 1 aliphatic carbocycles. The third-order valence-electron chi connectivity index (χ3n) is 5.06. The maximum absolute atomic E-state index is 12.6. The smallest absolute Gasteiger partial charge is 0.339 e. The van der Waals surface area contributed by atoms with Crippen LogP contribution >= 0.6 is 0 Å². The second kappa shape index (κ2) is 4.66. The minimum Gasteiger partial charge on any atom is -0.508 e. The summed E-state index contributed by atoms with van der Waals surface area (Å²) in [6, 6.07) is 12.1. The maximum atomic E-state index is 12.6. The number of aliphatic hydroxyl groups is 1. The van der Waals surface area contributed by atoms with Crippen molar-refractivity contribution in [2.24, 2.45) is 5.92 Å². The van der Waals surface area contributed by atoms with Crippen LogP contribution in [-0.4, -0.2) is 22.3 Å². The van der Waals surface area contributed by atoms with Crippen LogP contribution in [0.25, 0.3) is 0 Å². The third-order valence-corrected chi connectivity index (χ3v) is 5.06. The molecular weight excluding hydrogens is 320 g/mol. The van der Waals surface area contributed by atoms with Crippen LogP contribution in [0.2, 0.25) is 0 Å². The van der Waals surface area contributed by atoms with Gasteiger partial charge in [0.1, 0.15) is 23.4 Å². The molecule has 3 aliphatic rings. The Labute approximate surface area is 143 Å². The van der Waals surface area contributed by atoms with Crippen LogP contribution in [-0.2, 0) is 10.3 Å². The van der Waals surface area contributed by atoms with Gasteiger partial charge in [-0.2, -0.15) is 0 Å². The maximum Gasteiger partial charge on any atom is 0.339 e. The number of aliphatic hydroxyl groups excluding tert-OH is 1.